The zero-order valence-corrected chi connectivity index (χ0v) is 12.2. The fourth-order valence-electron chi connectivity index (χ4n) is 3.66. The maximum Gasteiger partial charge on any atom is 0.0329 e. The molecule has 3 nitrogen and oxygen atoms in total. The molecule has 0 unspecified atom stereocenters. The molecule has 18 heavy (non-hydrogen) atoms. The quantitative estimate of drug-likeness (QED) is 0.761. The summed E-state index contributed by atoms with van der Waals surface area (Å²) in [6.07, 6.45) is 10.9. The van der Waals surface area contributed by atoms with Gasteiger partial charge in [-0.05, 0) is 45.8 Å². The van der Waals surface area contributed by atoms with Gasteiger partial charge in [0.2, 0.25) is 0 Å². The van der Waals surface area contributed by atoms with Crippen molar-refractivity contribution in [3.05, 3.63) is 0 Å². The van der Waals surface area contributed by atoms with Gasteiger partial charge in [-0.15, -0.1) is 0 Å². The number of hydrogen-bond donors (Lipinski definition) is 1. The van der Waals surface area contributed by atoms with Crippen molar-refractivity contribution in [1.82, 2.24) is 9.80 Å². The molecule has 0 bridgehead atoms. The molecule has 2 N–H and O–H groups in total. The van der Waals surface area contributed by atoms with E-state index in [-0.39, 0.29) is 0 Å². The molecule has 0 radical (unpaired) electrons. The van der Waals surface area contributed by atoms with Crippen molar-refractivity contribution in [2.75, 3.05) is 39.8 Å². The molecule has 1 saturated carbocycles. The molecule has 2 fully saturated rings. The molecule has 0 amide bonds. The summed E-state index contributed by atoms with van der Waals surface area (Å²) in [4.78, 5) is 5.19. The Morgan fingerprint density at radius 2 is 1.61 bits per heavy atom. The van der Waals surface area contributed by atoms with Gasteiger partial charge in [-0.3, -0.25) is 4.90 Å². The smallest absolute Gasteiger partial charge is 0.0329 e. The summed E-state index contributed by atoms with van der Waals surface area (Å²) in [6, 6.07) is 0. The molecule has 1 heterocycles. The second-order valence-electron chi connectivity index (χ2n) is 6.31. The first-order valence-electron chi connectivity index (χ1n) is 7.90. The zero-order valence-electron chi connectivity index (χ0n) is 12.2. The highest BCUT2D eigenvalue weighted by Gasteiger charge is 2.33. The summed E-state index contributed by atoms with van der Waals surface area (Å²) in [5, 5.41) is 0. The molecule has 2 rings (SSSR count). The molecule has 2 aliphatic rings. The predicted molar refractivity (Wildman–Crippen MR) is 77.8 cm³/mol. The van der Waals surface area contributed by atoms with E-state index in [2.05, 4.69) is 16.8 Å². The minimum atomic E-state index is 0.302. The summed E-state index contributed by atoms with van der Waals surface area (Å²) >= 11 is 0. The third-order valence-corrected chi connectivity index (χ3v) is 5.17. The summed E-state index contributed by atoms with van der Waals surface area (Å²) in [5.41, 5.74) is 6.44. The molecule has 0 aromatic carbocycles. The van der Waals surface area contributed by atoms with E-state index in [4.69, 9.17) is 5.73 Å². The lowest BCUT2D eigenvalue weighted by Crippen LogP contribution is -2.53. The van der Waals surface area contributed by atoms with Crippen molar-refractivity contribution in [3.8, 4) is 0 Å². The maximum atomic E-state index is 6.14. The number of likely N-dealkylation sites (N-methyl/N-ethyl adjacent to an activating group) is 1. The van der Waals surface area contributed by atoms with Crippen LogP contribution in [0.2, 0.25) is 0 Å². The summed E-state index contributed by atoms with van der Waals surface area (Å²) in [6.45, 7) is 5.88. The Labute approximate surface area is 113 Å². The van der Waals surface area contributed by atoms with Gasteiger partial charge in [0, 0.05) is 25.2 Å². The summed E-state index contributed by atoms with van der Waals surface area (Å²) < 4.78 is 0. The Bertz CT molecular complexity index is 228. The molecule has 1 saturated heterocycles. The Morgan fingerprint density at radius 1 is 1.00 bits per heavy atom. The van der Waals surface area contributed by atoms with Crippen LogP contribution in [0.15, 0.2) is 0 Å². The Hall–Kier alpha value is -0.120. The highest BCUT2D eigenvalue weighted by Crippen LogP contribution is 2.30. The molecule has 0 spiro atoms. The molecule has 106 valence electrons. The summed E-state index contributed by atoms with van der Waals surface area (Å²) in [7, 11) is 2.30. The monoisotopic (exact) mass is 253 g/mol. The number of nitrogens with zero attached hydrogens (tertiary/aromatic N) is 2. The summed E-state index contributed by atoms with van der Waals surface area (Å²) in [5.74, 6) is 0. The van der Waals surface area contributed by atoms with Crippen LogP contribution in [0, 0.1) is 0 Å². The van der Waals surface area contributed by atoms with Crippen molar-refractivity contribution in [2.45, 2.75) is 56.9 Å². The minimum Gasteiger partial charge on any atom is -0.329 e. The van der Waals surface area contributed by atoms with Crippen molar-refractivity contribution in [2.24, 2.45) is 5.73 Å². The van der Waals surface area contributed by atoms with Crippen LogP contribution < -0.4 is 5.73 Å². The normalized spacial score (nSPS) is 25.5. The first kappa shape index (κ1) is 14.3. The lowest BCUT2D eigenvalue weighted by atomic mass is 9.88. The molecule has 3 heteroatoms. The molecule has 0 aromatic heterocycles. The van der Waals surface area contributed by atoms with Crippen molar-refractivity contribution in [1.29, 1.82) is 0 Å². The molecule has 1 aliphatic heterocycles. The lowest BCUT2D eigenvalue weighted by molar-refractivity contribution is 0.0959. The highest BCUT2D eigenvalue weighted by atomic mass is 15.2. The average Bonchev–Trinajstić information content (AvgIpc) is 2.79. The van der Waals surface area contributed by atoms with Crippen LogP contribution in [0.4, 0.5) is 0 Å². The van der Waals surface area contributed by atoms with Crippen LogP contribution in [0.25, 0.3) is 0 Å². The highest BCUT2D eigenvalue weighted by molar-refractivity contribution is 4.92. The predicted octanol–water partition coefficient (Wildman–Crippen LogP) is 2.07. The number of nitrogens with two attached hydrogens (primary N) is 1. The van der Waals surface area contributed by atoms with E-state index in [0.717, 1.165) is 6.54 Å². The first-order valence-corrected chi connectivity index (χ1v) is 7.90. The van der Waals surface area contributed by atoms with Gasteiger partial charge in [0.25, 0.3) is 0 Å². The third-order valence-electron chi connectivity index (χ3n) is 5.17. The Morgan fingerprint density at radius 3 is 2.17 bits per heavy atom. The van der Waals surface area contributed by atoms with Gasteiger partial charge in [-0.25, -0.2) is 0 Å². The van der Waals surface area contributed by atoms with Crippen LogP contribution in [0.3, 0.4) is 0 Å². The lowest BCUT2D eigenvalue weighted by Gasteiger charge is -2.41. The van der Waals surface area contributed by atoms with Gasteiger partial charge in [-0.2, -0.15) is 0 Å². The van der Waals surface area contributed by atoms with Crippen molar-refractivity contribution in [3.63, 3.8) is 0 Å². The van der Waals surface area contributed by atoms with Crippen molar-refractivity contribution < 1.29 is 0 Å². The fraction of sp³-hybridized carbons (Fsp3) is 1.00. The third kappa shape index (κ3) is 3.46. The van der Waals surface area contributed by atoms with Gasteiger partial charge in [-0.1, -0.05) is 25.7 Å². The molecule has 0 aromatic rings. The minimum absolute atomic E-state index is 0.302. The van der Waals surface area contributed by atoms with Crippen LogP contribution in [0.1, 0.15) is 51.4 Å². The zero-order chi connectivity index (χ0) is 12.8. The van der Waals surface area contributed by atoms with Gasteiger partial charge in [0.05, 0.1) is 0 Å². The topological polar surface area (TPSA) is 32.5 Å². The van der Waals surface area contributed by atoms with Crippen LogP contribution in [-0.4, -0.2) is 55.1 Å². The largest absolute Gasteiger partial charge is 0.329 e. The van der Waals surface area contributed by atoms with E-state index in [1.54, 1.807) is 0 Å². The van der Waals surface area contributed by atoms with Gasteiger partial charge in [0.1, 0.15) is 0 Å². The van der Waals surface area contributed by atoms with E-state index < -0.39 is 0 Å². The standard InChI is InChI=1S/C15H31N3/c1-17(12-13-18-10-6-7-11-18)15(14-16)8-4-2-3-5-9-15/h2-14,16H2,1H3. The van der Waals surface area contributed by atoms with Gasteiger partial charge in [0.15, 0.2) is 0 Å². The van der Waals surface area contributed by atoms with E-state index in [1.165, 1.54) is 77.5 Å². The van der Waals surface area contributed by atoms with E-state index in [0.29, 0.717) is 5.54 Å². The molecular weight excluding hydrogens is 222 g/mol. The van der Waals surface area contributed by atoms with E-state index in [9.17, 15) is 0 Å². The average molecular weight is 253 g/mol. The molecule has 1 aliphatic carbocycles. The van der Waals surface area contributed by atoms with Crippen LogP contribution >= 0.6 is 0 Å². The number of rotatable bonds is 5. The first-order chi connectivity index (χ1) is 8.77. The number of hydrogen-bond acceptors (Lipinski definition) is 3. The SMILES string of the molecule is CN(CCN1CCCC1)C1(CN)CCCCCC1. The van der Waals surface area contributed by atoms with E-state index >= 15 is 0 Å². The van der Waals surface area contributed by atoms with Crippen LogP contribution in [-0.2, 0) is 0 Å². The molecular formula is C15H31N3. The number of likely N-dealkylation sites (tertiary alicyclic amines) is 1. The Kier molecular flexibility index (Phi) is 5.46. The van der Waals surface area contributed by atoms with Crippen LogP contribution in [0.5, 0.6) is 0 Å². The second kappa shape index (κ2) is 6.88. The van der Waals surface area contributed by atoms with Crippen molar-refractivity contribution >= 4 is 0 Å². The van der Waals surface area contributed by atoms with Gasteiger partial charge < -0.3 is 10.6 Å². The fourth-order valence-corrected chi connectivity index (χ4v) is 3.66. The second-order valence-corrected chi connectivity index (χ2v) is 6.31. The van der Waals surface area contributed by atoms with Gasteiger partial charge >= 0.3 is 0 Å². The molecule has 0 atom stereocenters. The maximum absolute atomic E-state index is 6.14. The van der Waals surface area contributed by atoms with E-state index in [1.807, 2.05) is 0 Å². The Balaban J connectivity index is 1.84.